The number of rotatable bonds is 4. The third-order valence-electron chi connectivity index (χ3n) is 2.82. The van der Waals surface area contributed by atoms with Crippen LogP contribution in [0.4, 0.5) is 5.69 Å². The van der Waals surface area contributed by atoms with Gasteiger partial charge in [-0.05, 0) is 29.3 Å². The van der Waals surface area contributed by atoms with Crippen LogP contribution < -0.4 is 5.32 Å². The molecule has 0 bridgehead atoms. The van der Waals surface area contributed by atoms with Gasteiger partial charge in [0.15, 0.2) is 0 Å². The van der Waals surface area contributed by atoms with Crippen LogP contribution in [0.1, 0.15) is 16.7 Å². The van der Waals surface area contributed by atoms with Crippen molar-refractivity contribution < 1.29 is 5.11 Å². The zero-order valence-corrected chi connectivity index (χ0v) is 11.0. The van der Waals surface area contributed by atoms with Gasteiger partial charge in [0, 0.05) is 6.54 Å². The minimum Gasteiger partial charge on any atom is -0.392 e. The van der Waals surface area contributed by atoms with Gasteiger partial charge in [-0.15, -0.1) is 0 Å². The fourth-order valence-corrected chi connectivity index (χ4v) is 1.96. The van der Waals surface area contributed by atoms with Crippen molar-refractivity contribution in [2.45, 2.75) is 13.2 Å². The molecule has 0 atom stereocenters. The quantitative estimate of drug-likeness (QED) is 0.898. The second-order valence-electron chi connectivity index (χ2n) is 4.09. The summed E-state index contributed by atoms with van der Waals surface area (Å²) in [5, 5.41) is 21.9. The molecule has 0 saturated carbocycles. The number of anilines is 1. The smallest absolute Gasteiger partial charge is 0.0995 e. The first-order valence-corrected chi connectivity index (χ1v) is 6.23. The van der Waals surface area contributed by atoms with Crippen molar-refractivity contribution in [2.75, 3.05) is 5.32 Å². The SMILES string of the molecule is N#Cc1ccccc1CNc1cc(CO)ccc1Cl. The average molecular weight is 273 g/mol. The van der Waals surface area contributed by atoms with Crippen molar-refractivity contribution in [1.82, 2.24) is 0 Å². The maximum absolute atomic E-state index is 9.11. The van der Waals surface area contributed by atoms with Crippen molar-refractivity contribution in [2.24, 2.45) is 0 Å². The summed E-state index contributed by atoms with van der Waals surface area (Å²) >= 11 is 6.08. The standard InChI is InChI=1S/C15H13ClN2O/c16-14-6-5-11(10-19)7-15(14)18-9-13-4-2-1-3-12(13)8-17/h1-7,18-19H,9-10H2. The molecular weight excluding hydrogens is 260 g/mol. The third-order valence-corrected chi connectivity index (χ3v) is 3.15. The zero-order chi connectivity index (χ0) is 13.7. The molecular formula is C15H13ClN2O. The van der Waals surface area contributed by atoms with E-state index in [1.165, 1.54) is 0 Å². The molecule has 2 N–H and O–H groups in total. The van der Waals surface area contributed by atoms with Gasteiger partial charge in [0.2, 0.25) is 0 Å². The lowest BCUT2D eigenvalue weighted by atomic mass is 10.1. The number of aliphatic hydroxyl groups excluding tert-OH is 1. The average Bonchev–Trinajstić information content (AvgIpc) is 2.46. The monoisotopic (exact) mass is 272 g/mol. The topological polar surface area (TPSA) is 56.0 Å². The van der Waals surface area contributed by atoms with Gasteiger partial charge < -0.3 is 10.4 Å². The van der Waals surface area contributed by atoms with Crippen molar-refractivity contribution in [3.63, 3.8) is 0 Å². The van der Waals surface area contributed by atoms with E-state index in [0.717, 1.165) is 16.8 Å². The van der Waals surface area contributed by atoms with Crippen molar-refractivity contribution >= 4 is 17.3 Å². The molecule has 0 amide bonds. The van der Waals surface area contributed by atoms with Crippen molar-refractivity contribution in [3.05, 3.63) is 64.2 Å². The van der Waals surface area contributed by atoms with E-state index < -0.39 is 0 Å². The van der Waals surface area contributed by atoms with Crippen LogP contribution in [0.2, 0.25) is 5.02 Å². The lowest BCUT2D eigenvalue weighted by molar-refractivity contribution is 0.282. The highest BCUT2D eigenvalue weighted by atomic mass is 35.5. The van der Waals surface area contributed by atoms with Crippen LogP contribution in [0.3, 0.4) is 0 Å². The van der Waals surface area contributed by atoms with Gasteiger partial charge >= 0.3 is 0 Å². The van der Waals surface area contributed by atoms with E-state index in [1.807, 2.05) is 18.2 Å². The lowest BCUT2D eigenvalue weighted by Gasteiger charge is -2.10. The van der Waals surface area contributed by atoms with Crippen LogP contribution in [0.5, 0.6) is 0 Å². The van der Waals surface area contributed by atoms with Crippen LogP contribution in [-0.2, 0) is 13.2 Å². The molecule has 0 radical (unpaired) electrons. The van der Waals surface area contributed by atoms with E-state index >= 15 is 0 Å². The second-order valence-corrected chi connectivity index (χ2v) is 4.50. The second kappa shape index (κ2) is 6.24. The van der Waals surface area contributed by atoms with Gasteiger partial charge in [0.1, 0.15) is 0 Å². The normalized spacial score (nSPS) is 9.95. The molecule has 2 aromatic carbocycles. The highest BCUT2D eigenvalue weighted by molar-refractivity contribution is 6.33. The molecule has 0 saturated heterocycles. The van der Waals surface area contributed by atoms with E-state index in [-0.39, 0.29) is 6.61 Å². The summed E-state index contributed by atoms with van der Waals surface area (Å²) in [6.07, 6.45) is 0. The van der Waals surface area contributed by atoms with E-state index in [0.29, 0.717) is 17.1 Å². The van der Waals surface area contributed by atoms with E-state index in [4.69, 9.17) is 22.0 Å². The first kappa shape index (κ1) is 13.4. The molecule has 19 heavy (non-hydrogen) atoms. The first-order chi connectivity index (χ1) is 9.24. The Hall–Kier alpha value is -2.02. The predicted molar refractivity (Wildman–Crippen MR) is 75.9 cm³/mol. The summed E-state index contributed by atoms with van der Waals surface area (Å²) in [6, 6.07) is 14.9. The minimum absolute atomic E-state index is 0.0272. The Kier molecular flexibility index (Phi) is 4.40. The summed E-state index contributed by atoms with van der Waals surface area (Å²) in [6.45, 7) is 0.485. The van der Waals surface area contributed by atoms with Gasteiger partial charge in [-0.3, -0.25) is 0 Å². The number of hydrogen-bond acceptors (Lipinski definition) is 3. The number of nitriles is 1. The Balaban J connectivity index is 2.17. The molecule has 0 unspecified atom stereocenters. The maximum atomic E-state index is 9.11. The highest BCUT2D eigenvalue weighted by Gasteiger charge is 2.04. The molecule has 0 heterocycles. The Bertz CT molecular complexity index is 620. The van der Waals surface area contributed by atoms with E-state index in [2.05, 4.69) is 11.4 Å². The summed E-state index contributed by atoms with van der Waals surface area (Å²) < 4.78 is 0. The van der Waals surface area contributed by atoms with Crippen LogP contribution >= 0.6 is 11.6 Å². The number of halogens is 1. The van der Waals surface area contributed by atoms with Crippen molar-refractivity contribution in [1.29, 1.82) is 5.26 Å². The van der Waals surface area contributed by atoms with Crippen LogP contribution in [-0.4, -0.2) is 5.11 Å². The van der Waals surface area contributed by atoms with Gasteiger partial charge in [0.25, 0.3) is 0 Å². The Morgan fingerprint density at radius 1 is 1.21 bits per heavy atom. The van der Waals surface area contributed by atoms with E-state index in [9.17, 15) is 0 Å². The van der Waals surface area contributed by atoms with Gasteiger partial charge in [-0.1, -0.05) is 35.9 Å². The van der Waals surface area contributed by atoms with E-state index in [1.54, 1.807) is 24.3 Å². The van der Waals surface area contributed by atoms with Gasteiger partial charge in [-0.25, -0.2) is 0 Å². The minimum atomic E-state index is -0.0272. The molecule has 4 heteroatoms. The molecule has 0 aromatic heterocycles. The van der Waals surface area contributed by atoms with Crippen LogP contribution in [0.25, 0.3) is 0 Å². The molecule has 3 nitrogen and oxygen atoms in total. The summed E-state index contributed by atoms with van der Waals surface area (Å²) in [5.74, 6) is 0. The van der Waals surface area contributed by atoms with Crippen LogP contribution in [0, 0.1) is 11.3 Å². The lowest BCUT2D eigenvalue weighted by Crippen LogP contribution is -2.02. The van der Waals surface area contributed by atoms with Gasteiger partial charge in [-0.2, -0.15) is 5.26 Å². The number of aliphatic hydroxyl groups is 1. The molecule has 0 fully saturated rings. The molecule has 0 spiro atoms. The molecule has 96 valence electrons. The number of benzene rings is 2. The Labute approximate surface area is 117 Å². The fourth-order valence-electron chi connectivity index (χ4n) is 1.78. The van der Waals surface area contributed by atoms with Crippen molar-refractivity contribution in [3.8, 4) is 6.07 Å². The maximum Gasteiger partial charge on any atom is 0.0995 e. The number of nitrogens with zero attached hydrogens (tertiary/aromatic N) is 1. The van der Waals surface area contributed by atoms with Gasteiger partial charge in [0.05, 0.1) is 28.9 Å². The molecule has 2 rings (SSSR count). The zero-order valence-electron chi connectivity index (χ0n) is 10.2. The molecule has 0 aliphatic heterocycles. The Morgan fingerprint density at radius 2 is 2.00 bits per heavy atom. The molecule has 0 aliphatic carbocycles. The third kappa shape index (κ3) is 3.25. The summed E-state index contributed by atoms with van der Waals surface area (Å²) in [7, 11) is 0. The Morgan fingerprint density at radius 3 is 2.74 bits per heavy atom. The molecule has 2 aromatic rings. The predicted octanol–water partition coefficient (Wildman–Crippen LogP) is 3.32. The number of hydrogen-bond donors (Lipinski definition) is 2. The summed E-state index contributed by atoms with van der Waals surface area (Å²) in [4.78, 5) is 0. The number of nitrogens with one attached hydrogen (secondary N) is 1. The fraction of sp³-hybridized carbons (Fsp3) is 0.133. The highest BCUT2D eigenvalue weighted by Crippen LogP contribution is 2.24. The summed E-state index contributed by atoms with van der Waals surface area (Å²) in [5.41, 5.74) is 3.10. The first-order valence-electron chi connectivity index (χ1n) is 5.85. The van der Waals surface area contributed by atoms with Crippen LogP contribution in [0.15, 0.2) is 42.5 Å². The molecule has 0 aliphatic rings. The largest absolute Gasteiger partial charge is 0.392 e.